The number of halogens is 1. The van der Waals surface area contributed by atoms with Gasteiger partial charge < -0.3 is 15.1 Å². The van der Waals surface area contributed by atoms with Gasteiger partial charge in [0.1, 0.15) is 17.6 Å². The number of hydrogen-bond donors (Lipinski definition) is 2. The number of benzene rings is 2. The first-order valence-corrected chi connectivity index (χ1v) is 10.5. The van der Waals surface area contributed by atoms with Crippen molar-refractivity contribution in [2.75, 3.05) is 26.2 Å². The summed E-state index contributed by atoms with van der Waals surface area (Å²) in [6.07, 6.45) is 2.05. The second-order valence-electron chi connectivity index (χ2n) is 8.23. The fourth-order valence-corrected chi connectivity index (χ4v) is 4.67. The third-order valence-electron chi connectivity index (χ3n) is 6.17. The minimum Gasteiger partial charge on any atom is -0.507 e. The van der Waals surface area contributed by atoms with Crippen molar-refractivity contribution < 1.29 is 15.0 Å². The smallest absolute Gasteiger partial charge is 0.257 e. The lowest BCUT2D eigenvalue weighted by Crippen LogP contribution is -2.53. The van der Waals surface area contributed by atoms with Gasteiger partial charge in [0.2, 0.25) is 0 Å². The molecule has 6 nitrogen and oxygen atoms in total. The van der Waals surface area contributed by atoms with Gasteiger partial charge in [-0.1, -0.05) is 17.7 Å². The Hall–Kier alpha value is -2.75. The van der Waals surface area contributed by atoms with Gasteiger partial charge >= 0.3 is 0 Å². The summed E-state index contributed by atoms with van der Waals surface area (Å²) in [6.45, 7) is 4.05. The lowest BCUT2D eigenvalue weighted by Gasteiger charge is -2.46. The number of piperidine rings is 1. The molecule has 2 saturated heterocycles. The number of hydrogen-bond acceptors (Lipinski definition) is 5. The van der Waals surface area contributed by atoms with Crippen molar-refractivity contribution in [2.24, 2.45) is 11.8 Å². The Labute approximate surface area is 180 Å². The fraction of sp³-hybridized carbons (Fsp3) is 0.391. The number of amides is 1. The summed E-state index contributed by atoms with van der Waals surface area (Å²) in [5.74, 6) is 0.785. The van der Waals surface area contributed by atoms with Crippen molar-refractivity contribution in [1.29, 1.82) is 5.26 Å². The van der Waals surface area contributed by atoms with Crippen LogP contribution in [0.4, 0.5) is 0 Å². The minimum atomic E-state index is -0.163. The third kappa shape index (κ3) is 4.23. The van der Waals surface area contributed by atoms with E-state index in [0.717, 1.165) is 38.0 Å². The highest BCUT2D eigenvalue weighted by Gasteiger charge is 2.37. The van der Waals surface area contributed by atoms with Crippen molar-refractivity contribution in [3.8, 4) is 17.6 Å². The second kappa shape index (κ2) is 8.55. The van der Waals surface area contributed by atoms with Crippen LogP contribution in [0.3, 0.4) is 0 Å². The maximum atomic E-state index is 12.9. The number of nitriles is 1. The lowest BCUT2D eigenvalue weighted by molar-refractivity contribution is 0.0169. The predicted molar refractivity (Wildman–Crippen MR) is 113 cm³/mol. The molecule has 1 unspecified atom stereocenters. The van der Waals surface area contributed by atoms with E-state index in [9.17, 15) is 15.0 Å². The molecule has 2 fully saturated rings. The molecule has 7 heteroatoms. The number of phenols is 2. The summed E-state index contributed by atoms with van der Waals surface area (Å²) < 4.78 is 0. The topological polar surface area (TPSA) is 87.8 Å². The van der Waals surface area contributed by atoms with Gasteiger partial charge in [0.25, 0.3) is 5.91 Å². The largest absolute Gasteiger partial charge is 0.507 e. The predicted octanol–water partition coefficient (Wildman–Crippen LogP) is 3.61. The van der Waals surface area contributed by atoms with Crippen molar-refractivity contribution in [3.05, 3.63) is 58.1 Å². The van der Waals surface area contributed by atoms with E-state index in [4.69, 9.17) is 16.9 Å². The number of phenolic OH excluding ortho intramolecular Hbond substituents is 2. The highest BCUT2D eigenvalue weighted by molar-refractivity contribution is 6.31. The first-order valence-electron chi connectivity index (χ1n) is 10.2. The average molecular weight is 426 g/mol. The third-order valence-corrected chi connectivity index (χ3v) is 6.41. The van der Waals surface area contributed by atoms with Crippen LogP contribution in [0.15, 0.2) is 36.4 Å². The van der Waals surface area contributed by atoms with Crippen molar-refractivity contribution >= 4 is 17.5 Å². The number of rotatable bonds is 4. The maximum absolute atomic E-state index is 12.9. The molecule has 4 rings (SSSR count). The zero-order valence-corrected chi connectivity index (χ0v) is 17.3. The Morgan fingerprint density at radius 2 is 1.87 bits per heavy atom. The van der Waals surface area contributed by atoms with Gasteiger partial charge in [-0.25, -0.2) is 0 Å². The van der Waals surface area contributed by atoms with Gasteiger partial charge in [-0.15, -0.1) is 0 Å². The molecule has 1 atom stereocenters. The van der Waals surface area contributed by atoms with E-state index in [0.29, 0.717) is 35.5 Å². The Kier molecular flexibility index (Phi) is 5.85. The second-order valence-corrected chi connectivity index (χ2v) is 8.67. The summed E-state index contributed by atoms with van der Waals surface area (Å²) in [5, 5.41) is 29.2. The van der Waals surface area contributed by atoms with Crippen LogP contribution >= 0.6 is 11.6 Å². The van der Waals surface area contributed by atoms with Gasteiger partial charge in [-0.05, 0) is 60.6 Å². The summed E-state index contributed by atoms with van der Waals surface area (Å²) in [6, 6.07) is 11.7. The van der Waals surface area contributed by atoms with E-state index in [-0.39, 0.29) is 23.0 Å². The summed E-state index contributed by atoms with van der Waals surface area (Å²) in [7, 11) is 0. The van der Waals surface area contributed by atoms with Crippen LogP contribution in [0.2, 0.25) is 5.02 Å². The van der Waals surface area contributed by atoms with Crippen LogP contribution in [0.5, 0.6) is 11.5 Å². The molecule has 156 valence electrons. The Balaban J connectivity index is 1.33. The van der Waals surface area contributed by atoms with Gasteiger partial charge in [-0.2, -0.15) is 5.26 Å². The van der Waals surface area contributed by atoms with E-state index in [1.54, 1.807) is 18.2 Å². The van der Waals surface area contributed by atoms with Crippen molar-refractivity contribution in [3.63, 3.8) is 0 Å². The molecule has 0 spiro atoms. The lowest BCUT2D eigenvalue weighted by atomic mass is 9.80. The molecule has 0 aromatic heterocycles. The molecule has 0 radical (unpaired) electrons. The molecule has 2 aromatic rings. The molecule has 0 saturated carbocycles. The quantitative estimate of drug-likeness (QED) is 0.781. The number of carbonyl (C=O) groups is 1. The molecule has 0 bridgehead atoms. The average Bonchev–Trinajstić information content (AvgIpc) is 2.72. The Morgan fingerprint density at radius 1 is 1.10 bits per heavy atom. The normalized spacial score (nSPS) is 19.9. The van der Waals surface area contributed by atoms with Crippen LogP contribution in [-0.2, 0) is 6.54 Å². The molecule has 2 aliphatic rings. The van der Waals surface area contributed by atoms with Gasteiger partial charge in [0, 0.05) is 37.7 Å². The SMILES string of the molecule is N#Cc1cc(CN2CC(C3CCCN(C(=O)c4cc(Cl)ccc4O)C3)C2)ccc1O. The molecule has 0 aliphatic carbocycles. The Morgan fingerprint density at radius 3 is 2.63 bits per heavy atom. The van der Waals surface area contributed by atoms with E-state index in [2.05, 4.69) is 4.90 Å². The first kappa shape index (κ1) is 20.5. The zero-order chi connectivity index (χ0) is 21.3. The summed E-state index contributed by atoms with van der Waals surface area (Å²) in [4.78, 5) is 17.0. The molecule has 2 aromatic carbocycles. The van der Waals surface area contributed by atoms with Gasteiger partial charge in [0.15, 0.2) is 0 Å². The molecule has 2 aliphatic heterocycles. The van der Waals surface area contributed by atoms with Gasteiger partial charge in [0.05, 0.1) is 11.1 Å². The number of likely N-dealkylation sites (tertiary alicyclic amines) is 2. The van der Waals surface area contributed by atoms with Crippen molar-refractivity contribution in [1.82, 2.24) is 9.80 Å². The van der Waals surface area contributed by atoms with Gasteiger partial charge in [-0.3, -0.25) is 9.69 Å². The molecule has 30 heavy (non-hydrogen) atoms. The van der Waals surface area contributed by atoms with E-state index >= 15 is 0 Å². The number of aromatic hydroxyl groups is 2. The van der Waals surface area contributed by atoms with E-state index in [1.807, 2.05) is 17.0 Å². The zero-order valence-electron chi connectivity index (χ0n) is 16.6. The molecular weight excluding hydrogens is 402 g/mol. The number of nitrogens with zero attached hydrogens (tertiary/aromatic N) is 3. The van der Waals surface area contributed by atoms with Crippen LogP contribution in [0.1, 0.15) is 34.3 Å². The summed E-state index contributed by atoms with van der Waals surface area (Å²) >= 11 is 6.00. The summed E-state index contributed by atoms with van der Waals surface area (Å²) in [5.41, 5.74) is 1.58. The van der Waals surface area contributed by atoms with E-state index in [1.165, 1.54) is 12.1 Å². The van der Waals surface area contributed by atoms with Crippen LogP contribution in [0.25, 0.3) is 0 Å². The first-order chi connectivity index (χ1) is 14.4. The molecular formula is C23H24ClN3O3. The Bertz CT molecular complexity index is 998. The van der Waals surface area contributed by atoms with Crippen molar-refractivity contribution in [2.45, 2.75) is 19.4 Å². The van der Waals surface area contributed by atoms with Crippen LogP contribution in [0, 0.1) is 23.2 Å². The highest BCUT2D eigenvalue weighted by Crippen LogP contribution is 2.33. The monoisotopic (exact) mass is 425 g/mol. The highest BCUT2D eigenvalue weighted by atomic mass is 35.5. The van der Waals surface area contributed by atoms with Crippen LogP contribution in [-0.4, -0.2) is 52.1 Å². The minimum absolute atomic E-state index is 0.0143. The maximum Gasteiger partial charge on any atom is 0.257 e. The molecule has 2 N–H and O–H groups in total. The van der Waals surface area contributed by atoms with Crippen LogP contribution < -0.4 is 0 Å². The molecule has 2 heterocycles. The fourth-order valence-electron chi connectivity index (χ4n) is 4.50. The molecule has 1 amide bonds. The standard InChI is InChI=1S/C23H24ClN3O3/c24-19-4-6-22(29)20(9-19)23(30)27-7-1-2-16(14-27)18-12-26(13-18)11-15-3-5-21(28)17(8-15)10-25/h3-6,8-9,16,18,28-29H,1-2,7,11-14H2. The van der Waals surface area contributed by atoms with E-state index < -0.39 is 0 Å². The number of carbonyl (C=O) groups excluding carboxylic acids is 1.